The van der Waals surface area contributed by atoms with E-state index in [4.69, 9.17) is 0 Å². The van der Waals surface area contributed by atoms with Crippen LogP contribution in [-0.2, 0) is 0 Å². The van der Waals surface area contributed by atoms with E-state index >= 15 is 0 Å². The lowest BCUT2D eigenvalue weighted by Gasteiger charge is -2.56. The average Bonchev–Trinajstić information content (AvgIpc) is 2.84. The summed E-state index contributed by atoms with van der Waals surface area (Å²) in [5.74, 6) is 7.68. The second-order valence-electron chi connectivity index (χ2n) is 9.96. The Labute approximate surface area is 138 Å². The largest absolute Gasteiger partial charge is 0.0654 e. The van der Waals surface area contributed by atoms with Crippen molar-refractivity contribution < 1.29 is 0 Å². The molecule has 0 radical (unpaired) electrons. The summed E-state index contributed by atoms with van der Waals surface area (Å²) >= 11 is 0. The van der Waals surface area contributed by atoms with Crippen LogP contribution < -0.4 is 0 Å². The SMILES string of the molecule is CCCC1CC[C@H]2C3CCC4CC(C)CCC4[C@H]3CCC12C. The van der Waals surface area contributed by atoms with Crippen LogP contribution in [0.3, 0.4) is 0 Å². The van der Waals surface area contributed by atoms with Crippen molar-refractivity contribution in [1.82, 2.24) is 0 Å². The first-order valence-electron chi connectivity index (χ1n) is 10.6. The summed E-state index contributed by atoms with van der Waals surface area (Å²) in [7, 11) is 0. The molecule has 0 N–H and O–H groups in total. The van der Waals surface area contributed by atoms with Crippen LogP contribution in [0, 0.1) is 46.8 Å². The summed E-state index contributed by atoms with van der Waals surface area (Å²) in [5, 5.41) is 0. The lowest BCUT2D eigenvalue weighted by molar-refractivity contribution is -0.0678. The lowest BCUT2D eigenvalue weighted by atomic mass is 9.49. The van der Waals surface area contributed by atoms with Crippen LogP contribution >= 0.6 is 0 Å². The fourth-order valence-corrected chi connectivity index (χ4v) is 8.02. The molecule has 0 aliphatic heterocycles. The predicted molar refractivity (Wildman–Crippen MR) is 94.7 cm³/mol. The molecule has 0 aromatic heterocycles. The molecular weight excluding hydrogens is 264 g/mol. The Hall–Kier alpha value is 0. The summed E-state index contributed by atoms with van der Waals surface area (Å²) in [4.78, 5) is 0. The molecule has 0 heterocycles. The first-order chi connectivity index (χ1) is 10.6. The van der Waals surface area contributed by atoms with Gasteiger partial charge in [-0.2, -0.15) is 0 Å². The Morgan fingerprint density at radius 3 is 2.50 bits per heavy atom. The Bertz CT molecular complexity index is 399. The average molecular weight is 303 g/mol. The van der Waals surface area contributed by atoms with Crippen LogP contribution in [0.5, 0.6) is 0 Å². The van der Waals surface area contributed by atoms with Gasteiger partial charge in [-0.1, -0.05) is 40.0 Å². The van der Waals surface area contributed by atoms with Gasteiger partial charge in [0, 0.05) is 0 Å². The molecule has 4 aliphatic carbocycles. The zero-order chi connectivity index (χ0) is 15.3. The molecule has 4 fully saturated rings. The van der Waals surface area contributed by atoms with Crippen LogP contribution in [-0.4, -0.2) is 0 Å². The minimum Gasteiger partial charge on any atom is -0.0654 e. The summed E-state index contributed by atoms with van der Waals surface area (Å²) in [6.07, 6.45) is 17.1. The van der Waals surface area contributed by atoms with Crippen molar-refractivity contribution in [2.45, 2.75) is 91.4 Å². The van der Waals surface area contributed by atoms with Gasteiger partial charge in [0.05, 0.1) is 0 Å². The molecule has 8 atom stereocenters. The second kappa shape index (κ2) is 5.82. The van der Waals surface area contributed by atoms with Gasteiger partial charge >= 0.3 is 0 Å². The second-order valence-corrected chi connectivity index (χ2v) is 9.96. The third kappa shape index (κ3) is 2.30. The molecule has 0 aromatic rings. The molecule has 0 amide bonds. The number of rotatable bonds is 2. The highest BCUT2D eigenvalue weighted by Crippen LogP contribution is 2.65. The Morgan fingerprint density at radius 1 is 0.864 bits per heavy atom. The molecule has 0 aromatic carbocycles. The van der Waals surface area contributed by atoms with Gasteiger partial charge in [-0.15, -0.1) is 0 Å². The summed E-state index contributed by atoms with van der Waals surface area (Å²) in [6, 6.07) is 0. The van der Waals surface area contributed by atoms with Crippen LogP contribution in [0.2, 0.25) is 0 Å². The predicted octanol–water partition coefficient (Wildman–Crippen LogP) is 6.69. The fourth-order valence-electron chi connectivity index (χ4n) is 8.02. The van der Waals surface area contributed by atoms with Crippen molar-refractivity contribution in [3.8, 4) is 0 Å². The van der Waals surface area contributed by atoms with E-state index in [1.165, 1.54) is 19.3 Å². The zero-order valence-electron chi connectivity index (χ0n) is 15.3. The Kier molecular flexibility index (Phi) is 4.10. The first kappa shape index (κ1) is 15.5. The monoisotopic (exact) mass is 302 g/mol. The van der Waals surface area contributed by atoms with E-state index in [1.54, 1.807) is 51.4 Å². The normalized spacial score (nSPS) is 54.4. The molecule has 4 rings (SSSR count). The van der Waals surface area contributed by atoms with Gasteiger partial charge in [-0.25, -0.2) is 0 Å². The van der Waals surface area contributed by atoms with E-state index in [9.17, 15) is 0 Å². The minimum absolute atomic E-state index is 0.728. The molecule has 0 spiro atoms. The molecule has 0 heteroatoms. The molecule has 0 nitrogen and oxygen atoms in total. The van der Waals surface area contributed by atoms with E-state index in [0.717, 1.165) is 46.8 Å². The topological polar surface area (TPSA) is 0 Å². The van der Waals surface area contributed by atoms with Crippen LogP contribution in [0.25, 0.3) is 0 Å². The van der Waals surface area contributed by atoms with E-state index in [0.29, 0.717) is 0 Å². The smallest absolute Gasteiger partial charge is 0.0266 e. The third-order valence-electron chi connectivity index (χ3n) is 9.05. The summed E-state index contributed by atoms with van der Waals surface area (Å²) in [6.45, 7) is 7.61. The van der Waals surface area contributed by atoms with Crippen molar-refractivity contribution >= 4 is 0 Å². The van der Waals surface area contributed by atoms with Crippen molar-refractivity contribution in [2.24, 2.45) is 46.8 Å². The summed E-state index contributed by atoms with van der Waals surface area (Å²) < 4.78 is 0. The van der Waals surface area contributed by atoms with Gasteiger partial charge in [0.2, 0.25) is 0 Å². The van der Waals surface area contributed by atoms with E-state index in [-0.39, 0.29) is 0 Å². The highest BCUT2D eigenvalue weighted by atomic mass is 14.6. The van der Waals surface area contributed by atoms with Crippen molar-refractivity contribution in [1.29, 1.82) is 0 Å². The highest BCUT2D eigenvalue weighted by molar-refractivity contribution is 5.05. The molecule has 4 saturated carbocycles. The fraction of sp³-hybridized carbons (Fsp3) is 1.00. The first-order valence-corrected chi connectivity index (χ1v) is 10.6. The van der Waals surface area contributed by atoms with Gasteiger partial charge in [-0.05, 0) is 98.2 Å². The molecule has 0 bridgehead atoms. The van der Waals surface area contributed by atoms with Crippen LogP contribution in [0.15, 0.2) is 0 Å². The van der Waals surface area contributed by atoms with Gasteiger partial charge < -0.3 is 0 Å². The minimum atomic E-state index is 0.728. The Balaban J connectivity index is 1.53. The van der Waals surface area contributed by atoms with E-state index in [1.807, 2.05) is 0 Å². The maximum absolute atomic E-state index is 2.70. The quantitative estimate of drug-likeness (QED) is 0.533. The van der Waals surface area contributed by atoms with Crippen molar-refractivity contribution in [3.63, 3.8) is 0 Å². The third-order valence-corrected chi connectivity index (χ3v) is 9.05. The lowest BCUT2D eigenvalue weighted by Crippen LogP contribution is -2.48. The number of hydrogen-bond donors (Lipinski definition) is 0. The standard InChI is InChI=1S/C22H38/c1-4-5-17-8-11-21-20-10-7-16-14-15(2)6-9-18(16)19(20)12-13-22(17,21)3/h15-21H,4-14H2,1-3H3/t15?,16?,17?,18?,19-,20?,21+,22?/m1/s1. The molecular formula is C22H38. The van der Waals surface area contributed by atoms with E-state index < -0.39 is 0 Å². The summed E-state index contributed by atoms with van der Waals surface area (Å²) in [5.41, 5.74) is 0.728. The van der Waals surface area contributed by atoms with Gasteiger partial charge in [0.15, 0.2) is 0 Å². The van der Waals surface area contributed by atoms with Crippen molar-refractivity contribution in [3.05, 3.63) is 0 Å². The molecule has 6 unspecified atom stereocenters. The molecule has 4 aliphatic rings. The molecule has 22 heavy (non-hydrogen) atoms. The zero-order valence-corrected chi connectivity index (χ0v) is 15.3. The Morgan fingerprint density at radius 2 is 1.68 bits per heavy atom. The van der Waals surface area contributed by atoms with Crippen LogP contribution in [0.1, 0.15) is 91.4 Å². The number of fused-ring (bicyclic) bond motifs is 5. The highest BCUT2D eigenvalue weighted by Gasteiger charge is 2.56. The van der Waals surface area contributed by atoms with Gasteiger partial charge in [0.1, 0.15) is 0 Å². The molecule has 0 saturated heterocycles. The van der Waals surface area contributed by atoms with E-state index in [2.05, 4.69) is 20.8 Å². The maximum Gasteiger partial charge on any atom is -0.0266 e. The number of hydrogen-bond acceptors (Lipinski definition) is 0. The maximum atomic E-state index is 2.70. The van der Waals surface area contributed by atoms with Gasteiger partial charge in [-0.3, -0.25) is 0 Å². The molecule has 126 valence electrons. The van der Waals surface area contributed by atoms with Gasteiger partial charge in [0.25, 0.3) is 0 Å². The van der Waals surface area contributed by atoms with Crippen LogP contribution in [0.4, 0.5) is 0 Å². The van der Waals surface area contributed by atoms with Crippen molar-refractivity contribution in [2.75, 3.05) is 0 Å².